The van der Waals surface area contributed by atoms with Crippen LogP contribution in [0.2, 0.25) is 5.02 Å². The van der Waals surface area contributed by atoms with E-state index in [0.717, 1.165) is 28.8 Å². The first kappa shape index (κ1) is 18.7. The number of nitrogens with one attached hydrogen (secondary N) is 2. The molecule has 1 amide bonds. The number of hydrogen-bond acceptors (Lipinski definition) is 5. The van der Waals surface area contributed by atoms with Gasteiger partial charge in [-0.2, -0.15) is 13.2 Å². The highest BCUT2D eigenvalue weighted by Gasteiger charge is 2.34. The highest BCUT2D eigenvalue weighted by molar-refractivity contribution is 7.99. The standard InChI is InChI=1S/C15H10ClF3N4OS2/c16-8-3-4-10(9(6-8)15(17,18)19)20-12(24)7-26-14-21-13(22-23-14)11-2-1-5-25-11/h1-6H,7H2,(H,20,24)(H,21,22,23). The number of nitrogens with zero attached hydrogens (tertiary/aromatic N) is 2. The van der Waals surface area contributed by atoms with Crippen molar-refractivity contribution in [3.8, 4) is 10.7 Å². The summed E-state index contributed by atoms with van der Waals surface area (Å²) in [5, 5.41) is 11.1. The fraction of sp³-hybridized carbons (Fsp3) is 0.133. The Balaban J connectivity index is 1.63. The molecule has 2 heterocycles. The van der Waals surface area contributed by atoms with Crippen LogP contribution in [0.15, 0.2) is 40.9 Å². The van der Waals surface area contributed by atoms with Crippen molar-refractivity contribution in [3.63, 3.8) is 0 Å². The molecule has 3 aromatic rings. The number of aromatic nitrogens is 3. The number of H-pyrrole nitrogens is 1. The molecule has 0 saturated carbocycles. The monoisotopic (exact) mass is 418 g/mol. The Kier molecular flexibility index (Phi) is 5.54. The molecule has 26 heavy (non-hydrogen) atoms. The molecule has 1 aromatic carbocycles. The first-order valence-corrected chi connectivity index (χ1v) is 9.33. The zero-order valence-electron chi connectivity index (χ0n) is 12.8. The van der Waals surface area contributed by atoms with Gasteiger partial charge in [0.05, 0.1) is 21.9 Å². The Morgan fingerprint density at radius 2 is 2.15 bits per heavy atom. The van der Waals surface area contributed by atoms with E-state index < -0.39 is 17.6 Å². The number of rotatable bonds is 5. The maximum Gasteiger partial charge on any atom is 0.418 e. The lowest BCUT2D eigenvalue weighted by Gasteiger charge is -2.13. The normalized spacial score (nSPS) is 11.5. The third kappa shape index (κ3) is 4.57. The van der Waals surface area contributed by atoms with E-state index in [9.17, 15) is 18.0 Å². The first-order valence-electron chi connectivity index (χ1n) is 7.08. The van der Waals surface area contributed by atoms with Gasteiger partial charge in [-0.3, -0.25) is 9.89 Å². The Morgan fingerprint density at radius 1 is 1.35 bits per heavy atom. The predicted molar refractivity (Wildman–Crippen MR) is 95.5 cm³/mol. The molecule has 0 spiro atoms. The topological polar surface area (TPSA) is 70.7 Å². The fourth-order valence-electron chi connectivity index (χ4n) is 2.01. The quantitative estimate of drug-likeness (QED) is 0.576. The molecule has 0 radical (unpaired) electrons. The smallest absolute Gasteiger partial charge is 0.325 e. The number of thiophene rings is 1. The number of anilines is 1. The third-order valence-electron chi connectivity index (χ3n) is 3.11. The molecule has 0 aliphatic heterocycles. The average Bonchev–Trinajstić information content (AvgIpc) is 3.24. The molecule has 2 N–H and O–H groups in total. The van der Waals surface area contributed by atoms with E-state index >= 15 is 0 Å². The van der Waals surface area contributed by atoms with Gasteiger partial charge in [-0.15, -0.1) is 16.4 Å². The molecule has 0 unspecified atom stereocenters. The van der Waals surface area contributed by atoms with Crippen LogP contribution < -0.4 is 5.32 Å². The highest BCUT2D eigenvalue weighted by Crippen LogP contribution is 2.36. The summed E-state index contributed by atoms with van der Waals surface area (Å²) in [6, 6.07) is 6.91. The second kappa shape index (κ2) is 7.68. The Morgan fingerprint density at radius 3 is 2.85 bits per heavy atom. The molecule has 0 bridgehead atoms. The summed E-state index contributed by atoms with van der Waals surface area (Å²) >= 11 is 8.10. The molecule has 136 valence electrons. The lowest BCUT2D eigenvalue weighted by molar-refractivity contribution is -0.137. The molecule has 0 atom stereocenters. The van der Waals surface area contributed by atoms with Crippen molar-refractivity contribution >= 4 is 46.3 Å². The van der Waals surface area contributed by atoms with Crippen LogP contribution in [0.1, 0.15) is 5.56 Å². The van der Waals surface area contributed by atoms with Gasteiger partial charge in [0.1, 0.15) is 0 Å². The lowest BCUT2D eigenvalue weighted by atomic mass is 10.1. The number of hydrogen-bond donors (Lipinski definition) is 2. The maximum atomic E-state index is 13.0. The number of benzene rings is 1. The largest absolute Gasteiger partial charge is 0.418 e. The first-order chi connectivity index (χ1) is 12.3. The van der Waals surface area contributed by atoms with Crippen LogP contribution in [-0.2, 0) is 11.0 Å². The molecule has 0 aliphatic rings. The summed E-state index contributed by atoms with van der Waals surface area (Å²) < 4.78 is 39.1. The van der Waals surface area contributed by atoms with E-state index in [1.807, 2.05) is 17.5 Å². The van der Waals surface area contributed by atoms with Crippen molar-refractivity contribution in [2.45, 2.75) is 11.3 Å². The lowest BCUT2D eigenvalue weighted by Crippen LogP contribution is -2.18. The van der Waals surface area contributed by atoms with Crippen LogP contribution in [0, 0.1) is 0 Å². The summed E-state index contributed by atoms with van der Waals surface area (Å²) in [5.41, 5.74) is -1.34. The van der Waals surface area contributed by atoms with E-state index in [-0.39, 0.29) is 16.5 Å². The molecule has 2 aromatic heterocycles. The van der Waals surface area contributed by atoms with Crippen molar-refractivity contribution in [2.24, 2.45) is 0 Å². The van der Waals surface area contributed by atoms with Crippen LogP contribution in [-0.4, -0.2) is 26.8 Å². The molecule has 0 aliphatic carbocycles. The molecule has 0 saturated heterocycles. The van der Waals surface area contributed by atoms with Crippen LogP contribution in [0.3, 0.4) is 0 Å². The number of carbonyl (C=O) groups excluding carboxylic acids is 1. The number of amides is 1. The minimum Gasteiger partial charge on any atom is -0.325 e. The zero-order chi connectivity index (χ0) is 18.7. The Labute approximate surface area is 159 Å². The molecule has 11 heteroatoms. The van der Waals surface area contributed by atoms with Gasteiger partial charge in [-0.1, -0.05) is 29.4 Å². The molecular weight excluding hydrogens is 409 g/mol. The minimum atomic E-state index is -4.62. The van der Waals surface area contributed by atoms with Gasteiger partial charge in [0.25, 0.3) is 0 Å². The minimum absolute atomic E-state index is 0.0634. The molecule has 0 fully saturated rings. The van der Waals surface area contributed by atoms with Crippen molar-refractivity contribution in [3.05, 3.63) is 46.3 Å². The number of aromatic amines is 1. The summed E-state index contributed by atoms with van der Waals surface area (Å²) in [6.45, 7) is 0. The SMILES string of the molecule is O=C(CSc1n[nH]c(-c2cccs2)n1)Nc1ccc(Cl)cc1C(F)(F)F. The van der Waals surface area contributed by atoms with E-state index in [0.29, 0.717) is 11.0 Å². The van der Waals surface area contributed by atoms with Gasteiger partial charge < -0.3 is 5.32 Å². The van der Waals surface area contributed by atoms with Gasteiger partial charge in [-0.05, 0) is 29.6 Å². The van der Waals surface area contributed by atoms with Gasteiger partial charge in [0.15, 0.2) is 5.82 Å². The van der Waals surface area contributed by atoms with Gasteiger partial charge in [-0.25, -0.2) is 4.98 Å². The van der Waals surface area contributed by atoms with Crippen LogP contribution in [0.5, 0.6) is 0 Å². The van der Waals surface area contributed by atoms with Gasteiger partial charge in [0, 0.05) is 5.02 Å². The van der Waals surface area contributed by atoms with E-state index in [1.165, 1.54) is 17.4 Å². The Hall–Kier alpha value is -2.04. The van der Waals surface area contributed by atoms with E-state index in [1.54, 1.807) is 0 Å². The van der Waals surface area contributed by atoms with E-state index in [4.69, 9.17) is 11.6 Å². The van der Waals surface area contributed by atoms with Crippen molar-refractivity contribution < 1.29 is 18.0 Å². The number of halogens is 4. The third-order valence-corrected chi connectivity index (χ3v) is 5.07. The predicted octanol–water partition coefficient (Wildman–Crippen LogP) is 4.94. The number of alkyl halides is 3. The highest BCUT2D eigenvalue weighted by atomic mass is 35.5. The maximum absolute atomic E-state index is 13.0. The second-order valence-corrected chi connectivity index (χ2v) is 7.30. The van der Waals surface area contributed by atoms with Crippen LogP contribution in [0.4, 0.5) is 18.9 Å². The summed E-state index contributed by atoms with van der Waals surface area (Å²) in [5.74, 6) is -0.174. The van der Waals surface area contributed by atoms with Gasteiger partial charge >= 0.3 is 6.18 Å². The molecular formula is C15H10ClF3N4OS2. The van der Waals surface area contributed by atoms with Crippen LogP contribution >= 0.6 is 34.7 Å². The van der Waals surface area contributed by atoms with Crippen molar-refractivity contribution in [1.29, 1.82) is 0 Å². The Bertz CT molecular complexity index is 912. The van der Waals surface area contributed by atoms with Crippen LogP contribution in [0.25, 0.3) is 10.7 Å². The molecule has 3 rings (SSSR count). The summed E-state index contributed by atoms with van der Waals surface area (Å²) in [6.07, 6.45) is -4.62. The second-order valence-electron chi connectivity index (χ2n) is 4.97. The van der Waals surface area contributed by atoms with Gasteiger partial charge in [0.2, 0.25) is 11.1 Å². The van der Waals surface area contributed by atoms with Crippen molar-refractivity contribution in [1.82, 2.24) is 15.2 Å². The number of carbonyl (C=O) groups is 1. The molecule has 5 nitrogen and oxygen atoms in total. The van der Waals surface area contributed by atoms with E-state index in [2.05, 4.69) is 20.5 Å². The van der Waals surface area contributed by atoms with Crippen molar-refractivity contribution in [2.75, 3.05) is 11.1 Å². The average molecular weight is 419 g/mol. The summed E-state index contributed by atoms with van der Waals surface area (Å²) in [4.78, 5) is 17.1. The summed E-state index contributed by atoms with van der Waals surface area (Å²) in [7, 11) is 0. The number of thioether (sulfide) groups is 1. The fourth-order valence-corrected chi connectivity index (χ4v) is 3.45. The zero-order valence-corrected chi connectivity index (χ0v) is 15.2.